The van der Waals surface area contributed by atoms with Crippen LogP contribution in [0.15, 0.2) is 47.4 Å². The van der Waals surface area contributed by atoms with Crippen LogP contribution in [-0.4, -0.2) is 46.2 Å². The van der Waals surface area contributed by atoms with Crippen LogP contribution in [0.2, 0.25) is 0 Å². The first kappa shape index (κ1) is 20.3. The molecule has 1 aliphatic heterocycles. The van der Waals surface area contributed by atoms with Gasteiger partial charge in [0.15, 0.2) is 0 Å². The first-order valence-electron chi connectivity index (χ1n) is 10.2. The number of H-pyrrole nitrogens is 1. The average molecular weight is 406 g/mol. The summed E-state index contributed by atoms with van der Waals surface area (Å²) >= 11 is 0. The molecule has 4 rings (SSSR count). The number of benzene rings is 1. The molecule has 3 heterocycles. The molecule has 0 amide bonds. The van der Waals surface area contributed by atoms with Crippen LogP contribution in [0.4, 0.5) is 5.82 Å². The number of morpholine rings is 1. The van der Waals surface area contributed by atoms with E-state index in [1.165, 1.54) is 11.1 Å². The highest BCUT2D eigenvalue weighted by Crippen LogP contribution is 2.18. The van der Waals surface area contributed by atoms with Gasteiger partial charge in [-0.2, -0.15) is 0 Å². The molecule has 0 radical (unpaired) electrons. The first-order valence-corrected chi connectivity index (χ1v) is 10.2. The minimum absolute atomic E-state index is 0.114. The Hall–Kier alpha value is -3.03. The molecule has 1 fully saturated rings. The van der Waals surface area contributed by atoms with E-state index in [0.717, 1.165) is 49.9 Å². The quantitative estimate of drug-likeness (QED) is 0.656. The lowest BCUT2D eigenvalue weighted by molar-refractivity contribution is 0.0341. The van der Waals surface area contributed by atoms with Gasteiger partial charge in [0.05, 0.1) is 13.2 Å². The van der Waals surface area contributed by atoms with Crippen molar-refractivity contribution in [3.63, 3.8) is 0 Å². The van der Waals surface area contributed by atoms with Gasteiger partial charge in [-0.3, -0.25) is 9.69 Å². The molecule has 2 N–H and O–H groups in total. The molecule has 0 atom stereocenters. The number of aromatic nitrogens is 3. The van der Waals surface area contributed by atoms with Crippen LogP contribution in [0.3, 0.4) is 0 Å². The van der Waals surface area contributed by atoms with Gasteiger partial charge < -0.3 is 15.0 Å². The molecule has 0 aliphatic carbocycles. The van der Waals surface area contributed by atoms with Crippen molar-refractivity contribution in [2.45, 2.75) is 26.9 Å². The van der Waals surface area contributed by atoms with Gasteiger partial charge in [-0.15, -0.1) is 0 Å². The highest BCUT2D eigenvalue weighted by Gasteiger charge is 2.13. The Morgan fingerprint density at radius 2 is 1.87 bits per heavy atom. The molecule has 2 aromatic heterocycles. The number of hydrogen-bond acceptors (Lipinski definition) is 6. The van der Waals surface area contributed by atoms with E-state index in [2.05, 4.69) is 49.4 Å². The molecular weight excluding hydrogens is 378 g/mol. The maximum absolute atomic E-state index is 12.0. The van der Waals surface area contributed by atoms with Gasteiger partial charge in [0, 0.05) is 49.2 Å². The van der Waals surface area contributed by atoms with E-state index in [0.29, 0.717) is 17.9 Å². The molecule has 3 aromatic rings. The SMILES string of the molecule is Cc1nc(-c2ccc(NCc3ccccc3CN3CCOCC3)nc2)[nH]c(=O)c1C. The molecule has 0 spiro atoms. The van der Waals surface area contributed by atoms with Crippen molar-refractivity contribution in [3.8, 4) is 11.4 Å². The highest BCUT2D eigenvalue weighted by molar-refractivity contribution is 5.56. The van der Waals surface area contributed by atoms with Crippen molar-refractivity contribution in [3.05, 3.63) is 75.3 Å². The predicted molar refractivity (Wildman–Crippen MR) is 117 cm³/mol. The number of nitrogens with zero attached hydrogens (tertiary/aromatic N) is 3. The third-order valence-corrected chi connectivity index (χ3v) is 5.51. The molecule has 0 bridgehead atoms. The molecule has 30 heavy (non-hydrogen) atoms. The summed E-state index contributed by atoms with van der Waals surface area (Å²) in [7, 11) is 0. The zero-order valence-electron chi connectivity index (χ0n) is 17.4. The second kappa shape index (κ2) is 9.19. The Balaban J connectivity index is 1.43. The minimum Gasteiger partial charge on any atom is -0.379 e. The van der Waals surface area contributed by atoms with Crippen LogP contribution in [0.25, 0.3) is 11.4 Å². The number of hydrogen-bond donors (Lipinski definition) is 2. The molecule has 0 unspecified atom stereocenters. The van der Waals surface area contributed by atoms with E-state index in [-0.39, 0.29) is 5.56 Å². The van der Waals surface area contributed by atoms with Gasteiger partial charge in [-0.05, 0) is 37.1 Å². The molecular formula is C23H27N5O2. The van der Waals surface area contributed by atoms with Crippen LogP contribution >= 0.6 is 0 Å². The Labute approximate surface area is 176 Å². The van der Waals surface area contributed by atoms with E-state index in [9.17, 15) is 4.79 Å². The lowest BCUT2D eigenvalue weighted by Crippen LogP contribution is -2.35. The van der Waals surface area contributed by atoms with Crippen LogP contribution in [0.1, 0.15) is 22.4 Å². The standard InChI is InChI=1S/C23H27N5O2/c1-16-17(2)26-22(27-23(16)29)19-7-8-21(25-14-19)24-13-18-5-3-4-6-20(18)15-28-9-11-30-12-10-28/h3-8,14H,9-13,15H2,1-2H3,(H,24,25)(H,26,27,29). The largest absolute Gasteiger partial charge is 0.379 e. The fourth-order valence-electron chi connectivity index (χ4n) is 3.49. The monoisotopic (exact) mass is 405 g/mol. The fraction of sp³-hybridized carbons (Fsp3) is 0.348. The third-order valence-electron chi connectivity index (χ3n) is 5.51. The Morgan fingerprint density at radius 3 is 2.57 bits per heavy atom. The van der Waals surface area contributed by atoms with Crippen molar-refractivity contribution in [2.24, 2.45) is 0 Å². The van der Waals surface area contributed by atoms with Crippen LogP contribution in [0.5, 0.6) is 0 Å². The van der Waals surface area contributed by atoms with Gasteiger partial charge in [-0.1, -0.05) is 24.3 Å². The second-order valence-electron chi connectivity index (χ2n) is 7.57. The Kier molecular flexibility index (Phi) is 6.21. The minimum atomic E-state index is -0.114. The average Bonchev–Trinajstić information content (AvgIpc) is 2.77. The highest BCUT2D eigenvalue weighted by atomic mass is 16.5. The topological polar surface area (TPSA) is 83.1 Å². The van der Waals surface area contributed by atoms with Crippen molar-refractivity contribution < 1.29 is 4.74 Å². The van der Waals surface area contributed by atoms with E-state index in [4.69, 9.17) is 4.74 Å². The maximum atomic E-state index is 12.0. The van der Waals surface area contributed by atoms with Crippen molar-refractivity contribution in [2.75, 3.05) is 31.6 Å². The van der Waals surface area contributed by atoms with Gasteiger partial charge in [0.2, 0.25) is 0 Å². The summed E-state index contributed by atoms with van der Waals surface area (Å²) in [6, 6.07) is 12.3. The number of ether oxygens (including phenoxy) is 1. The number of aromatic amines is 1. The van der Waals surface area contributed by atoms with Gasteiger partial charge in [0.1, 0.15) is 11.6 Å². The number of rotatable bonds is 6. The van der Waals surface area contributed by atoms with Crippen LogP contribution in [-0.2, 0) is 17.8 Å². The van der Waals surface area contributed by atoms with E-state index in [1.807, 2.05) is 19.1 Å². The zero-order chi connectivity index (χ0) is 20.9. The number of aryl methyl sites for hydroxylation is 1. The van der Waals surface area contributed by atoms with E-state index in [1.54, 1.807) is 13.1 Å². The van der Waals surface area contributed by atoms with E-state index >= 15 is 0 Å². The number of pyridine rings is 1. The zero-order valence-corrected chi connectivity index (χ0v) is 17.4. The summed E-state index contributed by atoms with van der Waals surface area (Å²) in [6.07, 6.45) is 1.73. The molecule has 7 heteroatoms. The third kappa shape index (κ3) is 4.75. The maximum Gasteiger partial charge on any atom is 0.254 e. The number of nitrogens with one attached hydrogen (secondary N) is 2. The molecule has 1 aromatic carbocycles. The summed E-state index contributed by atoms with van der Waals surface area (Å²) in [5.41, 5.74) is 4.62. The fourth-order valence-corrected chi connectivity index (χ4v) is 3.49. The summed E-state index contributed by atoms with van der Waals surface area (Å²) in [5, 5.41) is 3.40. The summed E-state index contributed by atoms with van der Waals surface area (Å²) < 4.78 is 5.45. The Bertz CT molecular complexity index is 1060. The summed E-state index contributed by atoms with van der Waals surface area (Å²) in [4.78, 5) is 26.2. The van der Waals surface area contributed by atoms with Crippen LogP contribution in [0, 0.1) is 13.8 Å². The Morgan fingerprint density at radius 1 is 1.10 bits per heavy atom. The summed E-state index contributed by atoms with van der Waals surface area (Å²) in [6.45, 7) is 8.79. The van der Waals surface area contributed by atoms with E-state index < -0.39 is 0 Å². The first-order chi connectivity index (χ1) is 14.6. The molecule has 1 saturated heterocycles. The summed E-state index contributed by atoms with van der Waals surface area (Å²) in [5.74, 6) is 1.32. The molecule has 7 nitrogen and oxygen atoms in total. The molecule has 1 aliphatic rings. The predicted octanol–water partition coefficient (Wildman–Crippen LogP) is 2.89. The lowest BCUT2D eigenvalue weighted by Gasteiger charge is -2.27. The normalized spacial score (nSPS) is 14.6. The van der Waals surface area contributed by atoms with Crippen molar-refractivity contribution in [1.82, 2.24) is 19.9 Å². The smallest absolute Gasteiger partial charge is 0.254 e. The number of anilines is 1. The second-order valence-corrected chi connectivity index (χ2v) is 7.57. The van der Waals surface area contributed by atoms with Gasteiger partial charge in [-0.25, -0.2) is 9.97 Å². The van der Waals surface area contributed by atoms with Gasteiger partial charge >= 0.3 is 0 Å². The van der Waals surface area contributed by atoms with Crippen LogP contribution < -0.4 is 10.9 Å². The lowest BCUT2D eigenvalue weighted by atomic mass is 10.1. The molecule has 156 valence electrons. The van der Waals surface area contributed by atoms with Gasteiger partial charge in [0.25, 0.3) is 5.56 Å². The van der Waals surface area contributed by atoms with Crippen molar-refractivity contribution >= 4 is 5.82 Å². The van der Waals surface area contributed by atoms with Crippen molar-refractivity contribution in [1.29, 1.82) is 0 Å². The molecule has 0 saturated carbocycles.